The van der Waals surface area contributed by atoms with E-state index in [1.807, 2.05) is 48.5 Å². The van der Waals surface area contributed by atoms with Crippen LogP contribution in [0.25, 0.3) is 22.6 Å². The van der Waals surface area contributed by atoms with Crippen molar-refractivity contribution in [1.82, 2.24) is 9.88 Å². The molecule has 4 rings (SSSR count). The zero-order valence-electron chi connectivity index (χ0n) is 15.4. The highest BCUT2D eigenvalue weighted by atomic mass is 16.3. The van der Waals surface area contributed by atoms with Gasteiger partial charge in [0.05, 0.1) is 0 Å². The summed E-state index contributed by atoms with van der Waals surface area (Å²) in [6, 6.07) is 14.5. The SMILES string of the molecule is C=CCC(=O)N1CCCC1C(=O)Nc1ccc(-c2nc3ccccc3o2)cc1. The first-order valence-electron chi connectivity index (χ1n) is 9.33. The Balaban J connectivity index is 1.46. The topological polar surface area (TPSA) is 75.4 Å². The largest absolute Gasteiger partial charge is 0.436 e. The molecule has 2 amide bonds. The van der Waals surface area contributed by atoms with Crippen LogP contribution < -0.4 is 5.32 Å². The molecule has 2 aromatic carbocycles. The summed E-state index contributed by atoms with van der Waals surface area (Å²) in [6.45, 7) is 4.21. The smallest absolute Gasteiger partial charge is 0.247 e. The van der Waals surface area contributed by atoms with E-state index in [9.17, 15) is 9.59 Å². The molecule has 1 unspecified atom stereocenters. The number of hydrogen-bond acceptors (Lipinski definition) is 4. The Morgan fingerprint density at radius 2 is 2.00 bits per heavy atom. The van der Waals surface area contributed by atoms with Gasteiger partial charge in [-0.3, -0.25) is 9.59 Å². The average Bonchev–Trinajstić information content (AvgIpc) is 3.36. The Morgan fingerprint density at radius 3 is 2.75 bits per heavy atom. The molecule has 0 saturated carbocycles. The summed E-state index contributed by atoms with van der Waals surface area (Å²) in [5.41, 5.74) is 3.05. The van der Waals surface area contributed by atoms with Gasteiger partial charge in [0.2, 0.25) is 17.7 Å². The van der Waals surface area contributed by atoms with E-state index in [0.29, 0.717) is 24.5 Å². The first kappa shape index (κ1) is 18.0. The van der Waals surface area contributed by atoms with Crippen LogP contribution in [0.5, 0.6) is 0 Å². The highest BCUT2D eigenvalue weighted by Crippen LogP contribution is 2.26. The zero-order chi connectivity index (χ0) is 19.5. The van der Waals surface area contributed by atoms with Crippen LogP contribution in [0, 0.1) is 0 Å². The summed E-state index contributed by atoms with van der Waals surface area (Å²) in [4.78, 5) is 30.9. The van der Waals surface area contributed by atoms with E-state index in [4.69, 9.17) is 4.42 Å². The van der Waals surface area contributed by atoms with Crippen molar-refractivity contribution >= 4 is 28.6 Å². The molecule has 0 radical (unpaired) electrons. The molecule has 142 valence electrons. The number of rotatable bonds is 5. The minimum Gasteiger partial charge on any atom is -0.436 e. The highest BCUT2D eigenvalue weighted by Gasteiger charge is 2.33. The van der Waals surface area contributed by atoms with Gasteiger partial charge in [-0.2, -0.15) is 0 Å². The number of oxazole rings is 1. The first-order valence-corrected chi connectivity index (χ1v) is 9.33. The summed E-state index contributed by atoms with van der Waals surface area (Å²) in [7, 11) is 0. The molecule has 1 N–H and O–H groups in total. The molecule has 0 bridgehead atoms. The Kier molecular flexibility index (Phi) is 4.93. The molecule has 0 aliphatic carbocycles. The maximum atomic E-state index is 12.6. The lowest BCUT2D eigenvalue weighted by atomic mass is 10.1. The number of benzene rings is 2. The number of nitrogens with zero attached hydrogens (tertiary/aromatic N) is 2. The molecule has 1 aliphatic heterocycles. The van der Waals surface area contributed by atoms with Crippen molar-refractivity contribution in [2.75, 3.05) is 11.9 Å². The van der Waals surface area contributed by atoms with Gasteiger partial charge in [-0.05, 0) is 49.2 Å². The summed E-state index contributed by atoms with van der Waals surface area (Å²) in [6.07, 6.45) is 3.33. The molecule has 1 atom stereocenters. The quantitative estimate of drug-likeness (QED) is 0.684. The molecule has 1 aliphatic rings. The van der Waals surface area contributed by atoms with Crippen LogP contribution in [0.2, 0.25) is 0 Å². The number of fused-ring (bicyclic) bond motifs is 1. The second-order valence-electron chi connectivity index (χ2n) is 6.79. The Labute approximate surface area is 162 Å². The number of aromatic nitrogens is 1. The number of hydrogen-bond donors (Lipinski definition) is 1. The van der Waals surface area contributed by atoms with E-state index in [0.717, 1.165) is 23.1 Å². The van der Waals surface area contributed by atoms with E-state index in [2.05, 4.69) is 16.9 Å². The molecule has 1 fully saturated rings. The minimum absolute atomic E-state index is 0.0565. The molecule has 0 spiro atoms. The normalized spacial score (nSPS) is 16.3. The van der Waals surface area contributed by atoms with Crippen molar-refractivity contribution in [3.8, 4) is 11.5 Å². The fourth-order valence-corrected chi connectivity index (χ4v) is 3.50. The molecule has 3 aromatic rings. The van der Waals surface area contributed by atoms with Gasteiger partial charge in [0.25, 0.3) is 0 Å². The van der Waals surface area contributed by atoms with Gasteiger partial charge in [-0.25, -0.2) is 4.98 Å². The maximum absolute atomic E-state index is 12.6. The number of amides is 2. The second kappa shape index (κ2) is 7.68. The number of likely N-dealkylation sites (tertiary alicyclic amines) is 1. The molecular weight excluding hydrogens is 354 g/mol. The van der Waals surface area contributed by atoms with Crippen molar-refractivity contribution in [1.29, 1.82) is 0 Å². The maximum Gasteiger partial charge on any atom is 0.247 e. The highest BCUT2D eigenvalue weighted by molar-refractivity contribution is 5.97. The monoisotopic (exact) mass is 375 g/mol. The molecule has 6 nitrogen and oxygen atoms in total. The van der Waals surface area contributed by atoms with Crippen LogP contribution in [0.4, 0.5) is 5.69 Å². The van der Waals surface area contributed by atoms with E-state index in [1.165, 1.54) is 0 Å². The van der Waals surface area contributed by atoms with Crippen molar-refractivity contribution in [2.45, 2.75) is 25.3 Å². The summed E-state index contributed by atoms with van der Waals surface area (Å²) >= 11 is 0. The Bertz CT molecular complexity index is 990. The Morgan fingerprint density at radius 1 is 1.21 bits per heavy atom. The predicted molar refractivity (Wildman–Crippen MR) is 108 cm³/mol. The first-order chi connectivity index (χ1) is 13.7. The lowest BCUT2D eigenvalue weighted by Gasteiger charge is -2.23. The third-order valence-electron chi connectivity index (χ3n) is 4.89. The number of para-hydroxylation sites is 2. The molecule has 28 heavy (non-hydrogen) atoms. The van der Waals surface area contributed by atoms with Crippen molar-refractivity contribution in [3.05, 3.63) is 61.2 Å². The van der Waals surface area contributed by atoms with Crippen LogP contribution in [0.15, 0.2) is 65.6 Å². The number of nitrogens with one attached hydrogen (secondary N) is 1. The van der Waals surface area contributed by atoms with Gasteiger partial charge < -0.3 is 14.6 Å². The lowest BCUT2D eigenvalue weighted by molar-refractivity contribution is -0.135. The lowest BCUT2D eigenvalue weighted by Crippen LogP contribution is -2.42. The number of carbonyl (C=O) groups excluding carboxylic acids is 2. The van der Waals surface area contributed by atoms with Crippen LogP contribution in [0.3, 0.4) is 0 Å². The van der Waals surface area contributed by atoms with Crippen LogP contribution in [-0.4, -0.2) is 34.3 Å². The fourth-order valence-electron chi connectivity index (χ4n) is 3.50. The van der Waals surface area contributed by atoms with Gasteiger partial charge in [-0.1, -0.05) is 18.2 Å². The van der Waals surface area contributed by atoms with Crippen LogP contribution >= 0.6 is 0 Å². The van der Waals surface area contributed by atoms with E-state index >= 15 is 0 Å². The summed E-state index contributed by atoms with van der Waals surface area (Å²) in [5, 5.41) is 2.91. The third kappa shape index (κ3) is 3.53. The van der Waals surface area contributed by atoms with E-state index in [1.54, 1.807) is 11.0 Å². The minimum atomic E-state index is -0.427. The molecule has 1 saturated heterocycles. The molecule has 2 heterocycles. The number of carbonyl (C=O) groups is 2. The van der Waals surface area contributed by atoms with Gasteiger partial charge in [-0.15, -0.1) is 6.58 Å². The second-order valence-corrected chi connectivity index (χ2v) is 6.79. The van der Waals surface area contributed by atoms with Gasteiger partial charge in [0.1, 0.15) is 11.6 Å². The van der Waals surface area contributed by atoms with Gasteiger partial charge in [0.15, 0.2) is 5.58 Å². The predicted octanol–water partition coefficient (Wildman–Crippen LogP) is 4.00. The Hall–Kier alpha value is -3.41. The average molecular weight is 375 g/mol. The zero-order valence-corrected chi connectivity index (χ0v) is 15.4. The standard InChI is InChI=1S/C22H21N3O3/c1-2-6-20(26)25-14-5-8-18(25)21(27)23-16-12-10-15(11-13-16)22-24-17-7-3-4-9-19(17)28-22/h2-4,7,9-13,18H,1,5-6,8,14H2,(H,23,27). The van der Waals surface area contributed by atoms with Crippen LogP contribution in [0.1, 0.15) is 19.3 Å². The molecule has 6 heteroatoms. The third-order valence-corrected chi connectivity index (χ3v) is 4.89. The summed E-state index contributed by atoms with van der Waals surface area (Å²) in [5.74, 6) is 0.319. The van der Waals surface area contributed by atoms with Crippen molar-refractivity contribution < 1.29 is 14.0 Å². The van der Waals surface area contributed by atoms with E-state index < -0.39 is 6.04 Å². The van der Waals surface area contributed by atoms with Crippen molar-refractivity contribution in [2.24, 2.45) is 0 Å². The van der Waals surface area contributed by atoms with Crippen LogP contribution in [-0.2, 0) is 9.59 Å². The fraction of sp³-hybridized carbons (Fsp3) is 0.227. The van der Waals surface area contributed by atoms with E-state index in [-0.39, 0.29) is 18.2 Å². The number of anilines is 1. The van der Waals surface area contributed by atoms with Gasteiger partial charge in [0, 0.05) is 24.2 Å². The molecular formula is C22H21N3O3. The summed E-state index contributed by atoms with van der Waals surface area (Å²) < 4.78 is 5.77. The molecule has 1 aromatic heterocycles. The van der Waals surface area contributed by atoms with Crippen molar-refractivity contribution in [3.63, 3.8) is 0 Å². The van der Waals surface area contributed by atoms with Gasteiger partial charge >= 0.3 is 0 Å².